The number of aromatic carboxylic acids is 1. The molecule has 0 aromatic heterocycles. The third-order valence-corrected chi connectivity index (χ3v) is 3.37. The second-order valence-electron chi connectivity index (χ2n) is 5.90. The SMILES string of the molecule is CCOc1ccccc1OCC(=O)Nc1cc(C(=O)O)ccc1OC(C)C. The highest BCUT2D eigenvalue weighted by Crippen LogP contribution is 2.28. The maximum absolute atomic E-state index is 12.3. The highest BCUT2D eigenvalue weighted by atomic mass is 16.5. The number of para-hydroxylation sites is 2. The summed E-state index contributed by atoms with van der Waals surface area (Å²) in [6, 6.07) is 11.3. The molecule has 0 fully saturated rings. The molecule has 0 unspecified atom stereocenters. The number of nitrogens with one attached hydrogen (secondary N) is 1. The number of ether oxygens (including phenoxy) is 3. The van der Waals surface area contributed by atoms with Crippen LogP contribution in [-0.4, -0.2) is 36.3 Å². The Kier molecular flexibility index (Phi) is 7.05. The lowest BCUT2D eigenvalue weighted by molar-refractivity contribution is -0.118. The first-order chi connectivity index (χ1) is 12.9. The van der Waals surface area contributed by atoms with Crippen LogP contribution in [0.3, 0.4) is 0 Å². The molecule has 0 radical (unpaired) electrons. The molecule has 2 N–H and O–H groups in total. The van der Waals surface area contributed by atoms with Crippen LogP contribution < -0.4 is 19.5 Å². The van der Waals surface area contributed by atoms with Crippen LogP contribution in [0.15, 0.2) is 42.5 Å². The smallest absolute Gasteiger partial charge is 0.335 e. The highest BCUT2D eigenvalue weighted by molar-refractivity contribution is 5.96. The summed E-state index contributed by atoms with van der Waals surface area (Å²) >= 11 is 0. The fraction of sp³-hybridized carbons (Fsp3) is 0.300. The fourth-order valence-corrected chi connectivity index (χ4v) is 2.29. The number of amides is 1. The zero-order chi connectivity index (χ0) is 19.8. The quantitative estimate of drug-likeness (QED) is 0.698. The Labute approximate surface area is 157 Å². The fourth-order valence-electron chi connectivity index (χ4n) is 2.29. The molecule has 0 saturated heterocycles. The van der Waals surface area contributed by atoms with Gasteiger partial charge in [-0.3, -0.25) is 4.79 Å². The van der Waals surface area contributed by atoms with Gasteiger partial charge < -0.3 is 24.6 Å². The van der Waals surface area contributed by atoms with Crippen LogP contribution in [0.25, 0.3) is 0 Å². The number of anilines is 1. The van der Waals surface area contributed by atoms with Crippen LogP contribution in [0.5, 0.6) is 17.2 Å². The standard InChI is InChI=1S/C20H23NO6/c1-4-25-17-7-5-6-8-18(17)26-12-19(22)21-15-11-14(20(23)24)9-10-16(15)27-13(2)3/h5-11,13H,4,12H2,1-3H3,(H,21,22)(H,23,24). The molecule has 7 heteroatoms. The van der Waals surface area contributed by atoms with Crippen LogP contribution >= 0.6 is 0 Å². The number of hydrogen-bond donors (Lipinski definition) is 2. The molecule has 2 aromatic rings. The zero-order valence-electron chi connectivity index (χ0n) is 15.5. The molecule has 0 spiro atoms. The molecule has 1 amide bonds. The Morgan fingerprint density at radius 1 is 1.04 bits per heavy atom. The molecule has 0 aliphatic carbocycles. The summed E-state index contributed by atoms with van der Waals surface area (Å²) in [7, 11) is 0. The summed E-state index contributed by atoms with van der Waals surface area (Å²) in [5.41, 5.74) is 0.319. The van der Waals surface area contributed by atoms with Gasteiger partial charge in [0.15, 0.2) is 18.1 Å². The van der Waals surface area contributed by atoms with E-state index in [9.17, 15) is 9.59 Å². The minimum absolute atomic E-state index is 0.0454. The van der Waals surface area contributed by atoms with Crippen molar-refractivity contribution in [3.05, 3.63) is 48.0 Å². The van der Waals surface area contributed by atoms with Crippen LogP contribution in [0.2, 0.25) is 0 Å². The van der Waals surface area contributed by atoms with Gasteiger partial charge >= 0.3 is 5.97 Å². The number of carbonyl (C=O) groups excluding carboxylic acids is 1. The number of rotatable bonds is 9. The molecule has 0 atom stereocenters. The number of carbonyl (C=O) groups is 2. The third kappa shape index (κ3) is 5.91. The van der Waals surface area contributed by atoms with E-state index in [1.165, 1.54) is 18.2 Å². The Balaban J connectivity index is 2.10. The summed E-state index contributed by atoms with van der Waals surface area (Å²) < 4.78 is 16.6. The summed E-state index contributed by atoms with van der Waals surface area (Å²) in [6.45, 7) is 5.75. The third-order valence-electron chi connectivity index (χ3n) is 3.37. The van der Waals surface area contributed by atoms with Crippen molar-refractivity contribution in [2.24, 2.45) is 0 Å². The average Bonchev–Trinajstić information content (AvgIpc) is 2.62. The van der Waals surface area contributed by atoms with Crippen LogP contribution in [0.4, 0.5) is 5.69 Å². The van der Waals surface area contributed by atoms with Gasteiger partial charge in [-0.2, -0.15) is 0 Å². The molecule has 0 aliphatic heterocycles. The lowest BCUT2D eigenvalue weighted by Crippen LogP contribution is -2.21. The van der Waals surface area contributed by atoms with Crippen molar-refractivity contribution in [2.45, 2.75) is 26.9 Å². The second-order valence-corrected chi connectivity index (χ2v) is 5.90. The van der Waals surface area contributed by atoms with Gasteiger partial charge in [0.1, 0.15) is 5.75 Å². The maximum atomic E-state index is 12.3. The van der Waals surface area contributed by atoms with Gasteiger partial charge in [0.05, 0.1) is 24.0 Å². The van der Waals surface area contributed by atoms with Gasteiger partial charge in [-0.15, -0.1) is 0 Å². The summed E-state index contributed by atoms with van der Waals surface area (Å²) in [5.74, 6) is -0.157. The van der Waals surface area contributed by atoms with Gasteiger partial charge in [0.25, 0.3) is 5.91 Å². The Morgan fingerprint density at radius 3 is 2.30 bits per heavy atom. The van der Waals surface area contributed by atoms with E-state index in [4.69, 9.17) is 19.3 Å². The maximum Gasteiger partial charge on any atom is 0.335 e. The van der Waals surface area contributed by atoms with E-state index in [1.54, 1.807) is 18.2 Å². The largest absolute Gasteiger partial charge is 0.490 e. The van der Waals surface area contributed by atoms with Crippen molar-refractivity contribution >= 4 is 17.6 Å². The van der Waals surface area contributed by atoms with E-state index in [0.29, 0.717) is 23.9 Å². The minimum atomic E-state index is -1.09. The molecule has 0 saturated carbocycles. The van der Waals surface area contributed by atoms with Crippen LogP contribution in [0, 0.1) is 0 Å². The van der Waals surface area contributed by atoms with Gasteiger partial charge in [0, 0.05) is 0 Å². The molecule has 2 rings (SSSR count). The first-order valence-electron chi connectivity index (χ1n) is 8.59. The predicted octanol–water partition coefficient (Wildman–Crippen LogP) is 3.59. The summed E-state index contributed by atoms with van der Waals surface area (Å²) in [4.78, 5) is 23.5. The second kappa shape index (κ2) is 9.47. The van der Waals surface area contributed by atoms with E-state index in [0.717, 1.165) is 0 Å². The monoisotopic (exact) mass is 373 g/mol. The zero-order valence-corrected chi connectivity index (χ0v) is 15.5. The molecule has 0 bridgehead atoms. The van der Waals surface area contributed by atoms with Gasteiger partial charge in [-0.05, 0) is 51.1 Å². The Morgan fingerprint density at radius 2 is 1.70 bits per heavy atom. The van der Waals surface area contributed by atoms with Crippen LogP contribution in [0.1, 0.15) is 31.1 Å². The normalized spacial score (nSPS) is 10.4. The molecule has 0 aliphatic rings. The molecule has 7 nitrogen and oxygen atoms in total. The Bertz CT molecular complexity index is 803. The van der Waals surface area contributed by atoms with Crippen molar-refractivity contribution in [1.82, 2.24) is 0 Å². The Hall–Kier alpha value is -3.22. The first kappa shape index (κ1) is 20.1. The summed E-state index contributed by atoms with van der Waals surface area (Å²) in [5, 5.41) is 11.8. The van der Waals surface area contributed by atoms with E-state index in [-0.39, 0.29) is 24.0 Å². The van der Waals surface area contributed by atoms with Gasteiger partial charge in [0.2, 0.25) is 0 Å². The molecule has 0 heterocycles. The highest BCUT2D eigenvalue weighted by Gasteiger charge is 2.14. The average molecular weight is 373 g/mol. The molecule has 27 heavy (non-hydrogen) atoms. The molecule has 2 aromatic carbocycles. The first-order valence-corrected chi connectivity index (χ1v) is 8.59. The van der Waals surface area contributed by atoms with E-state index in [1.807, 2.05) is 26.8 Å². The number of carboxylic acid groups (broad SMARTS) is 1. The van der Waals surface area contributed by atoms with Crippen LogP contribution in [-0.2, 0) is 4.79 Å². The predicted molar refractivity (Wildman–Crippen MR) is 101 cm³/mol. The summed E-state index contributed by atoms with van der Waals surface area (Å²) in [6.07, 6.45) is -0.134. The molecule has 144 valence electrons. The van der Waals surface area contributed by atoms with Crippen molar-refractivity contribution in [1.29, 1.82) is 0 Å². The molecular formula is C20H23NO6. The van der Waals surface area contributed by atoms with Crippen molar-refractivity contribution in [3.8, 4) is 17.2 Å². The van der Waals surface area contributed by atoms with Gasteiger partial charge in [-0.1, -0.05) is 12.1 Å². The number of benzene rings is 2. The lowest BCUT2D eigenvalue weighted by atomic mass is 10.2. The lowest BCUT2D eigenvalue weighted by Gasteiger charge is -2.16. The van der Waals surface area contributed by atoms with E-state index < -0.39 is 11.9 Å². The van der Waals surface area contributed by atoms with Crippen molar-refractivity contribution < 1.29 is 28.9 Å². The van der Waals surface area contributed by atoms with E-state index >= 15 is 0 Å². The number of hydrogen-bond acceptors (Lipinski definition) is 5. The topological polar surface area (TPSA) is 94.1 Å². The minimum Gasteiger partial charge on any atom is -0.490 e. The van der Waals surface area contributed by atoms with Crippen molar-refractivity contribution in [3.63, 3.8) is 0 Å². The molecular weight excluding hydrogens is 350 g/mol. The van der Waals surface area contributed by atoms with E-state index in [2.05, 4.69) is 5.32 Å². The van der Waals surface area contributed by atoms with Gasteiger partial charge in [-0.25, -0.2) is 4.79 Å². The van der Waals surface area contributed by atoms with Crippen molar-refractivity contribution in [2.75, 3.05) is 18.5 Å². The number of carboxylic acids is 1.